The molecular formula is C17H16BrFN6O4. The number of nitrogens with zero attached hydrogens (tertiary/aromatic N) is 6. The van der Waals surface area contributed by atoms with E-state index in [1.54, 1.807) is 6.07 Å². The van der Waals surface area contributed by atoms with Gasteiger partial charge in [-0.05, 0) is 33.3 Å². The molecular weight excluding hydrogens is 451 g/mol. The number of oxazole rings is 1. The van der Waals surface area contributed by atoms with Gasteiger partial charge in [0.25, 0.3) is 6.01 Å². The van der Waals surface area contributed by atoms with Crippen LogP contribution in [0, 0.1) is 5.82 Å². The third-order valence-corrected chi connectivity index (χ3v) is 5.01. The lowest BCUT2D eigenvalue weighted by Crippen LogP contribution is -2.38. The Hall–Kier alpha value is -3.02. The lowest BCUT2D eigenvalue weighted by atomic mass is 10.1. The fraction of sp³-hybridized carbons (Fsp3) is 0.353. The SMILES string of the molecule is O=C(O)Cn1nnc(-c2coc(N3CCC(Oc4cc(F)ccc4Br)CC3)n2)n1. The van der Waals surface area contributed by atoms with Crippen molar-refractivity contribution in [2.24, 2.45) is 0 Å². The summed E-state index contributed by atoms with van der Waals surface area (Å²) >= 11 is 3.37. The first-order chi connectivity index (χ1) is 14.0. The summed E-state index contributed by atoms with van der Waals surface area (Å²) in [7, 11) is 0. The van der Waals surface area contributed by atoms with Crippen molar-refractivity contribution in [2.45, 2.75) is 25.5 Å². The maximum Gasteiger partial charge on any atom is 0.327 e. The predicted molar refractivity (Wildman–Crippen MR) is 101 cm³/mol. The van der Waals surface area contributed by atoms with E-state index >= 15 is 0 Å². The van der Waals surface area contributed by atoms with E-state index in [-0.39, 0.29) is 24.3 Å². The minimum Gasteiger partial charge on any atom is -0.489 e. The van der Waals surface area contributed by atoms with E-state index < -0.39 is 5.97 Å². The number of carbonyl (C=O) groups is 1. The maximum atomic E-state index is 13.4. The van der Waals surface area contributed by atoms with Crippen molar-refractivity contribution in [2.75, 3.05) is 18.0 Å². The number of carboxylic acids is 1. The Morgan fingerprint density at radius 1 is 1.38 bits per heavy atom. The topological polar surface area (TPSA) is 119 Å². The van der Waals surface area contributed by atoms with Crippen LogP contribution in [0.1, 0.15) is 12.8 Å². The van der Waals surface area contributed by atoms with Crippen molar-refractivity contribution in [1.82, 2.24) is 25.2 Å². The molecule has 10 nitrogen and oxygen atoms in total. The van der Waals surface area contributed by atoms with Crippen LogP contribution in [0.5, 0.6) is 5.75 Å². The molecule has 0 amide bonds. The van der Waals surface area contributed by atoms with Gasteiger partial charge in [-0.3, -0.25) is 4.79 Å². The van der Waals surface area contributed by atoms with Crippen molar-refractivity contribution in [3.63, 3.8) is 0 Å². The van der Waals surface area contributed by atoms with Crippen LogP contribution in [0.15, 0.2) is 33.4 Å². The number of carboxylic acid groups (broad SMARTS) is 1. The van der Waals surface area contributed by atoms with Gasteiger partial charge in [0.05, 0.1) is 4.47 Å². The van der Waals surface area contributed by atoms with Gasteiger partial charge in [-0.25, -0.2) is 4.39 Å². The molecule has 0 aliphatic carbocycles. The van der Waals surface area contributed by atoms with E-state index in [1.165, 1.54) is 18.4 Å². The van der Waals surface area contributed by atoms with Gasteiger partial charge in [0, 0.05) is 32.0 Å². The fourth-order valence-corrected chi connectivity index (χ4v) is 3.30. The molecule has 1 N–H and O–H groups in total. The van der Waals surface area contributed by atoms with Crippen molar-refractivity contribution >= 4 is 27.9 Å². The number of rotatable bonds is 6. The van der Waals surface area contributed by atoms with E-state index in [4.69, 9.17) is 14.3 Å². The number of piperidine rings is 1. The molecule has 1 aromatic carbocycles. The molecule has 0 atom stereocenters. The summed E-state index contributed by atoms with van der Waals surface area (Å²) in [6.07, 6.45) is 2.79. The molecule has 1 saturated heterocycles. The highest BCUT2D eigenvalue weighted by Gasteiger charge is 2.25. The van der Waals surface area contributed by atoms with Crippen molar-refractivity contribution < 1.29 is 23.4 Å². The van der Waals surface area contributed by atoms with Crippen LogP contribution in [-0.2, 0) is 11.3 Å². The van der Waals surface area contributed by atoms with Crippen LogP contribution in [0.3, 0.4) is 0 Å². The molecule has 1 fully saturated rings. The second kappa shape index (κ2) is 8.15. The summed E-state index contributed by atoms with van der Waals surface area (Å²) in [5.74, 6) is -0.736. The zero-order valence-corrected chi connectivity index (χ0v) is 16.6. The number of halogens is 2. The standard InChI is InChI=1S/C17H16BrFN6O4/c18-12-2-1-10(19)7-14(12)29-11-3-5-24(6-4-11)17-20-13(9-28-17)16-21-23-25(22-16)8-15(26)27/h1-2,7,9,11H,3-6,8H2,(H,26,27). The molecule has 2 aromatic heterocycles. The summed E-state index contributed by atoms with van der Waals surface area (Å²) in [5, 5.41) is 20.2. The van der Waals surface area contributed by atoms with Gasteiger partial charge in [0.2, 0.25) is 5.82 Å². The minimum absolute atomic E-state index is 0.0450. The quantitative estimate of drug-likeness (QED) is 0.583. The molecule has 152 valence electrons. The number of aliphatic carboxylic acids is 1. The Morgan fingerprint density at radius 3 is 2.93 bits per heavy atom. The number of hydrogen-bond donors (Lipinski definition) is 1. The van der Waals surface area contributed by atoms with E-state index in [9.17, 15) is 9.18 Å². The van der Waals surface area contributed by atoms with Crippen molar-refractivity contribution in [3.8, 4) is 17.3 Å². The van der Waals surface area contributed by atoms with Gasteiger partial charge in [-0.15, -0.1) is 10.2 Å². The van der Waals surface area contributed by atoms with E-state index in [2.05, 4.69) is 36.3 Å². The average molecular weight is 467 g/mol. The predicted octanol–water partition coefficient (Wildman–Crippen LogP) is 2.36. The van der Waals surface area contributed by atoms with Gasteiger partial charge in [-0.2, -0.15) is 9.78 Å². The summed E-state index contributed by atoms with van der Waals surface area (Å²) < 4.78 is 25.6. The number of ether oxygens (including phenoxy) is 1. The van der Waals surface area contributed by atoms with Gasteiger partial charge < -0.3 is 19.2 Å². The largest absolute Gasteiger partial charge is 0.489 e. The Kier molecular flexibility index (Phi) is 5.43. The molecule has 0 radical (unpaired) electrons. The third kappa shape index (κ3) is 4.53. The van der Waals surface area contributed by atoms with E-state index in [0.29, 0.717) is 47.9 Å². The highest BCUT2D eigenvalue weighted by molar-refractivity contribution is 9.10. The second-order valence-corrected chi connectivity index (χ2v) is 7.29. The van der Waals surface area contributed by atoms with Gasteiger partial charge in [-0.1, -0.05) is 0 Å². The first-order valence-corrected chi connectivity index (χ1v) is 9.59. The lowest BCUT2D eigenvalue weighted by molar-refractivity contribution is -0.138. The lowest BCUT2D eigenvalue weighted by Gasteiger charge is -2.31. The van der Waals surface area contributed by atoms with Gasteiger partial charge in [0.1, 0.15) is 23.9 Å². The monoisotopic (exact) mass is 466 g/mol. The van der Waals surface area contributed by atoms with Crippen LogP contribution in [0.4, 0.5) is 10.4 Å². The first kappa shape index (κ1) is 19.3. The van der Waals surface area contributed by atoms with Gasteiger partial charge in [0.15, 0.2) is 12.2 Å². The molecule has 12 heteroatoms. The summed E-state index contributed by atoms with van der Waals surface area (Å²) in [4.78, 5) is 18.0. The Labute approximate surface area is 172 Å². The highest BCUT2D eigenvalue weighted by Crippen LogP contribution is 2.29. The molecule has 0 unspecified atom stereocenters. The fourth-order valence-electron chi connectivity index (χ4n) is 2.96. The van der Waals surface area contributed by atoms with Gasteiger partial charge >= 0.3 is 5.97 Å². The van der Waals surface area contributed by atoms with E-state index in [0.717, 1.165) is 4.80 Å². The molecule has 3 heterocycles. The molecule has 0 saturated carbocycles. The Bertz CT molecular complexity index is 1020. The molecule has 1 aliphatic heterocycles. The zero-order chi connectivity index (χ0) is 20.4. The minimum atomic E-state index is -1.06. The summed E-state index contributed by atoms with van der Waals surface area (Å²) in [5.41, 5.74) is 0.374. The van der Waals surface area contributed by atoms with Crippen LogP contribution >= 0.6 is 15.9 Å². The number of benzene rings is 1. The Morgan fingerprint density at radius 2 is 2.17 bits per heavy atom. The van der Waals surface area contributed by atoms with Crippen LogP contribution in [0.2, 0.25) is 0 Å². The molecule has 0 bridgehead atoms. The molecule has 29 heavy (non-hydrogen) atoms. The summed E-state index contributed by atoms with van der Waals surface area (Å²) in [6, 6.07) is 4.77. The Balaban J connectivity index is 1.36. The number of anilines is 1. The maximum absolute atomic E-state index is 13.4. The molecule has 0 spiro atoms. The molecule has 4 rings (SSSR count). The van der Waals surface area contributed by atoms with Crippen LogP contribution < -0.4 is 9.64 Å². The summed E-state index contributed by atoms with van der Waals surface area (Å²) in [6.45, 7) is 0.917. The smallest absolute Gasteiger partial charge is 0.327 e. The average Bonchev–Trinajstić information content (AvgIpc) is 3.34. The van der Waals surface area contributed by atoms with Crippen LogP contribution in [0.25, 0.3) is 11.5 Å². The highest BCUT2D eigenvalue weighted by atomic mass is 79.9. The first-order valence-electron chi connectivity index (χ1n) is 8.80. The van der Waals surface area contributed by atoms with Crippen molar-refractivity contribution in [3.05, 3.63) is 34.8 Å². The normalized spacial score (nSPS) is 14.9. The van der Waals surface area contributed by atoms with Crippen LogP contribution in [-0.4, -0.2) is 55.5 Å². The molecule has 1 aliphatic rings. The van der Waals surface area contributed by atoms with E-state index in [1.807, 2.05) is 4.90 Å². The number of hydrogen-bond acceptors (Lipinski definition) is 8. The van der Waals surface area contributed by atoms with Crippen molar-refractivity contribution in [1.29, 1.82) is 0 Å². The zero-order valence-electron chi connectivity index (χ0n) is 15.0. The number of tetrazole rings is 1. The number of aromatic nitrogens is 5. The second-order valence-electron chi connectivity index (χ2n) is 6.43. The third-order valence-electron chi connectivity index (χ3n) is 4.35. The molecule has 3 aromatic rings.